The van der Waals surface area contributed by atoms with Crippen molar-refractivity contribution >= 4 is 11.6 Å². The Kier molecular flexibility index (Phi) is 3.60. The second-order valence-corrected chi connectivity index (χ2v) is 5.89. The van der Waals surface area contributed by atoms with Crippen LogP contribution in [0.2, 0.25) is 0 Å². The summed E-state index contributed by atoms with van der Waals surface area (Å²) in [6.07, 6.45) is 7.02. The zero-order valence-electron chi connectivity index (χ0n) is 13.1. The van der Waals surface area contributed by atoms with Crippen LogP contribution in [0.15, 0.2) is 53.7 Å². The van der Waals surface area contributed by atoms with Crippen LogP contribution in [0.3, 0.4) is 0 Å². The number of carbonyl (C=O) groups excluding carboxylic acids is 1. The first-order valence-corrected chi connectivity index (χ1v) is 7.97. The summed E-state index contributed by atoms with van der Waals surface area (Å²) in [5, 5.41) is 4.23. The van der Waals surface area contributed by atoms with Gasteiger partial charge in [-0.3, -0.25) is 14.2 Å². The molecule has 0 radical (unpaired) electrons. The Morgan fingerprint density at radius 1 is 1.21 bits per heavy atom. The van der Waals surface area contributed by atoms with Gasteiger partial charge in [0.05, 0.1) is 6.04 Å². The number of hydrogen-bond acceptors (Lipinski definition) is 4. The lowest BCUT2D eigenvalue weighted by Gasteiger charge is -2.24. The van der Waals surface area contributed by atoms with E-state index in [4.69, 9.17) is 0 Å². The van der Waals surface area contributed by atoms with Gasteiger partial charge < -0.3 is 4.90 Å². The zero-order valence-corrected chi connectivity index (χ0v) is 13.1. The van der Waals surface area contributed by atoms with Crippen LogP contribution in [0.4, 0.5) is 0 Å². The van der Waals surface area contributed by atoms with Gasteiger partial charge in [0.15, 0.2) is 5.65 Å². The normalized spacial score (nSPS) is 17.5. The molecule has 0 N–H and O–H groups in total. The number of carbonyl (C=O) groups is 1. The molecule has 1 aliphatic heterocycles. The van der Waals surface area contributed by atoms with Gasteiger partial charge in [-0.1, -0.05) is 6.07 Å². The number of nitrogens with zero attached hydrogens (tertiary/aromatic N) is 5. The molecule has 0 aromatic carbocycles. The third kappa shape index (κ3) is 2.47. The average molecular weight is 323 g/mol. The van der Waals surface area contributed by atoms with E-state index in [2.05, 4.69) is 10.1 Å². The highest BCUT2D eigenvalue weighted by Crippen LogP contribution is 2.31. The van der Waals surface area contributed by atoms with Crippen LogP contribution in [-0.2, 0) is 11.3 Å². The second-order valence-electron chi connectivity index (χ2n) is 5.89. The van der Waals surface area contributed by atoms with Crippen LogP contribution in [-0.4, -0.2) is 36.5 Å². The number of pyridine rings is 2. The van der Waals surface area contributed by atoms with Crippen LogP contribution in [0.25, 0.3) is 5.65 Å². The Morgan fingerprint density at radius 3 is 2.83 bits per heavy atom. The molecule has 7 nitrogen and oxygen atoms in total. The van der Waals surface area contributed by atoms with Crippen LogP contribution in [0.1, 0.15) is 24.4 Å². The first kappa shape index (κ1) is 14.6. The molecule has 0 bridgehead atoms. The topological polar surface area (TPSA) is 72.5 Å². The lowest BCUT2D eigenvalue weighted by Crippen LogP contribution is -2.36. The van der Waals surface area contributed by atoms with Gasteiger partial charge in [-0.15, -0.1) is 5.10 Å². The molecule has 3 aromatic rings. The fourth-order valence-corrected chi connectivity index (χ4v) is 3.29. The van der Waals surface area contributed by atoms with Crippen LogP contribution < -0.4 is 5.69 Å². The van der Waals surface area contributed by atoms with Crippen LogP contribution >= 0.6 is 0 Å². The molecule has 122 valence electrons. The van der Waals surface area contributed by atoms with E-state index in [9.17, 15) is 9.59 Å². The fraction of sp³-hybridized carbons (Fsp3) is 0.294. The molecule has 1 amide bonds. The second kappa shape index (κ2) is 5.92. The van der Waals surface area contributed by atoms with Crippen LogP contribution in [0, 0.1) is 0 Å². The van der Waals surface area contributed by atoms with Gasteiger partial charge in [0.2, 0.25) is 5.91 Å². The molecular weight excluding hydrogens is 306 g/mol. The van der Waals surface area contributed by atoms with E-state index in [1.165, 1.54) is 9.08 Å². The number of rotatable bonds is 3. The standard InChI is InChI=1S/C17H17N5O2/c23-16(12-22-17(24)21-10-2-1-5-15(21)19-22)20-11-3-4-14(20)13-6-8-18-9-7-13/h1-2,5-10,14H,3-4,11-12H2. The molecule has 24 heavy (non-hydrogen) atoms. The highest BCUT2D eigenvalue weighted by Gasteiger charge is 2.30. The molecule has 1 fully saturated rings. The van der Waals surface area contributed by atoms with E-state index in [0.29, 0.717) is 12.2 Å². The minimum atomic E-state index is -0.293. The van der Waals surface area contributed by atoms with Gasteiger partial charge in [-0.25, -0.2) is 9.48 Å². The predicted octanol–water partition coefficient (Wildman–Crippen LogP) is 1.25. The number of amides is 1. The smallest absolute Gasteiger partial charge is 0.334 e. The lowest BCUT2D eigenvalue weighted by molar-refractivity contribution is -0.133. The average Bonchev–Trinajstić information content (AvgIpc) is 3.22. The van der Waals surface area contributed by atoms with Crippen molar-refractivity contribution in [3.05, 3.63) is 65.0 Å². The summed E-state index contributed by atoms with van der Waals surface area (Å²) in [5.41, 5.74) is 1.33. The predicted molar refractivity (Wildman–Crippen MR) is 87.4 cm³/mol. The van der Waals surface area contributed by atoms with E-state index in [1.807, 2.05) is 23.1 Å². The molecule has 1 atom stereocenters. The first-order valence-electron chi connectivity index (χ1n) is 7.97. The molecule has 0 saturated carbocycles. The maximum absolute atomic E-state index is 12.7. The number of aromatic nitrogens is 4. The largest absolute Gasteiger partial charge is 0.350 e. The molecule has 4 heterocycles. The molecule has 3 aromatic heterocycles. The van der Waals surface area contributed by atoms with E-state index < -0.39 is 0 Å². The lowest BCUT2D eigenvalue weighted by atomic mass is 10.1. The van der Waals surface area contributed by atoms with Crippen molar-refractivity contribution in [1.29, 1.82) is 0 Å². The SMILES string of the molecule is O=C(Cn1nc2ccccn2c1=O)N1CCCC1c1ccncc1. The van der Waals surface area contributed by atoms with Crippen molar-refractivity contribution < 1.29 is 4.79 Å². The van der Waals surface area contributed by atoms with Crippen molar-refractivity contribution in [2.45, 2.75) is 25.4 Å². The molecule has 7 heteroatoms. The minimum Gasteiger partial charge on any atom is -0.334 e. The Morgan fingerprint density at radius 2 is 2.04 bits per heavy atom. The monoisotopic (exact) mass is 323 g/mol. The Balaban J connectivity index is 1.59. The summed E-state index contributed by atoms with van der Waals surface area (Å²) in [7, 11) is 0. The van der Waals surface area contributed by atoms with Crippen molar-refractivity contribution in [3.8, 4) is 0 Å². The first-order chi connectivity index (χ1) is 11.7. The number of fused-ring (bicyclic) bond motifs is 1. The Bertz CT molecular complexity index is 931. The van der Waals surface area contributed by atoms with Gasteiger partial charge in [-0.05, 0) is 42.7 Å². The van der Waals surface area contributed by atoms with Gasteiger partial charge >= 0.3 is 5.69 Å². The van der Waals surface area contributed by atoms with Gasteiger partial charge in [0, 0.05) is 25.1 Å². The van der Waals surface area contributed by atoms with Crippen molar-refractivity contribution in [3.63, 3.8) is 0 Å². The summed E-state index contributed by atoms with van der Waals surface area (Å²) in [5.74, 6) is -0.0835. The fourth-order valence-electron chi connectivity index (χ4n) is 3.29. The highest BCUT2D eigenvalue weighted by molar-refractivity contribution is 5.76. The quantitative estimate of drug-likeness (QED) is 0.727. The molecule has 1 aliphatic rings. The van der Waals surface area contributed by atoms with E-state index in [-0.39, 0.29) is 24.2 Å². The maximum Gasteiger partial charge on any atom is 0.350 e. The Hall–Kier alpha value is -2.96. The minimum absolute atomic E-state index is 0.0396. The summed E-state index contributed by atoms with van der Waals surface area (Å²) in [6, 6.07) is 9.25. The van der Waals surface area contributed by atoms with Crippen molar-refractivity contribution in [1.82, 2.24) is 24.1 Å². The summed E-state index contributed by atoms with van der Waals surface area (Å²) in [4.78, 5) is 30.9. The maximum atomic E-state index is 12.7. The Labute approximate surface area is 138 Å². The molecule has 4 rings (SSSR count). The van der Waals surface area contributed by atoms with Gasteiger partial charge in [-0.2, -0.15) is 0 Å². The van der Waals surface area contributed by atoms with E-state index >= 15 is 0 Å². The highest BCUT2D eigenvalue weighted by atomic mass is 16.2. The molecule has 0 aliphatic carbocycles. The summed E-state index contributed by atoms with van der Waals surface area (Å²) in [6.45, 7) is 0.663. The molecule has 1 unspecified atom stereocenters. The summed E-state index contributed by atoms with van der Waals surface area (Å²) >= 11 is 0. The van der Waals surface area contributed by atoms with Crippen molar-refractivity contribution in [2.75, 3.05) is 6.54 Å². The van der Waals surface area contributed by atoms with Gasteiger partial charge in [0.25, 0.3) is 0 Å². The van der Waals surface area contributed by atoms with Crippen LogP contribution in [0.5, 0.6) is 0 Å². The third-order valence-electron chi connectivity index (χ3n) is 4.44. The number of likely N-dealkylation sites (tertiary alicyclic amines) is 1. The van der Waals surface area contributed by atoms with Gasteiger partial charge in [0.1, 0.15) is 6.54 Å². The zero-order chi connectivity index (χ0) is 16.5. The molecular formula is C17H17N5O2. The molecule has 1 saturated heterocycles. The van der Waals surface area contributed by atoms with E-state index in [1.54, 1.807) is 30.7 Å². The van der Waals surface area contributed by atoms with Crippen molar-refractivity contribution in [2.24, 2.45) is 0 Å². The molecule has 0 spiro atoms. The summed E-state index contributed by atoms with van der Waals surface area (Å²) < 4.78 is 2.68. The number of hydrogen-bond donors (Lipinski definition) is 0. The third-order valence-corrected chi connectivity index (χ3v) is 4.44. The van der Waals surface area contributed by atoms with E-state index in [0.717, 1.165) is 18.4 Å².